The number of benzene rings is 1. The van der Waals surface area contributed by atoms with E-state index in [1.165, 1.54) is 0 Å². The number of rotatable bonds is 7. The van der Waals surface area contributed by atoms with Gasteiger partial charge in [-0.1, -0.05) is 30.0 Å². The van der Waals surface area contributed by atoms with Crippen molar-refractivity contribution in [2.24, 2.45) is 0 Å². The van der Waals surface area contributed by atoms with E-state index in [4.69, 9.17) is 4.74 Å². The van der Waals surface area contributed by atoms with Gasteiger partial charge < -0.3 is 9.64 Å². The van der Waals surface area contributed by atoms with Crippen molar-refractivity contribution in [1.82, 2.24) is 30.0 Å². The van der Waals surface area contributed by atoms with Gasteiger partial charge in [-0.25, -0.2) is 0 Å². The van der Waals surface area contributed by atoms with E-state index in [9.17, 15) is 4.79 Å². The van der Waals surface area contributed by atoms with Gasteiger partial charge in [0.2, 0.25) is 11.1 Å². The summed E-state index contributed by atoms with van der Waals surface area (Å²) in [4.78, 5) is 16.5. The van der Waals surface area contributed by atoms with Gasteiger partial charge in [-0.2, -0.15) is 4.68 Å². The molecule has 2 aromatic rings. The molecule has 2 aliphatic rings. The van der Waals surface area contributed by atoms with Crippen molar-refractivity contribution < 1.29 is 9.53 Å². The van der Waals surface area contributed by atoms with Crippen LogP contribution in [0.4, 0.5) is 0 Å². The zero-order valence-corrected chi connectivity index (χ0v) is 16.1. The Hall–Kier alpha value is -1.97. The highest BCUT2D eigenvalue weighted by molar-refractivity contribution is 7.99. The summed E-state index contributed by atoms with van der Waals surface area (Å²) in [5.41, 5.74) is 0.937. The van der Waals surface area contributed by atoms with Gasteiger partial charge in [-0.05, 0) is 29.0 Å². The van der Waals surface area contributed by atoms with Crippen LogP contribution in [0.3, 0.4) is 0 Å². The van der Waals surface area contributed by atoms with Crippen molar-refractivity contribution in [3.63, 3.8) is 0 Å². The summed E-state index contributed by atoms with van der Waals surface area (Å²) in [7, 11) is 0. The predicted molar refractivity (Wildman–Crippen MR) is 102 cm³/mol. The van der Waals surface area contributed by atoms with Crippen molar-refractivity contribution in [3.8, 4) is 5.69 Å². The molecule has 0 saturated carbocycles. The van der Waals surface area contributed by atoms with Crippen LogP contribution < -0.4 is 0 Å². The van der Waals surface area contributed by atoms with Crippen molar-refractivity contribution in [1.29, 1.82) is 0 Å². The van der Waals surface area contributed by atoms with Crippen LogP contribution in [-0.4, -0.2) is 87.1 Å². The number of hydrogen-bond acceptors (Lipinski definition) is 7. The number of nitrogens with zero attached hydrogens (tertiary/aromatic N) is 6. The predicted octanol–water partition coefficient (Wildman–Crippen LogP) is 1.08. The minimum atomic E-state index is 0.207. The lowest BCUT2D eigenvalue weighted by Crippen LogP contribution is -2.44. The van der Waals surface area contributed by atoms with E-state index in [0.717, 1.165) is 63.2 Å². The van der Waals surface area contributed by atoms with E-state index in [1.54, 1.807) is 16.4 Å². The second kappa shape index (κ2) is 8.81. The molecule has 0 unspecified atom stereocenters. The number of para-hydroxylation sites is 1. The number of ether oxygens (including phenoxy) is 1. The van der Waals surface area contributed by atoms with Crippen LogP contribution in [0.15, 0.2) is 35.5 Å². The number of thioether (sulfide) groups is 1. The third kappa shape index (κ3) is 4.66. The molecule has 0 radical (unpaired) electrons. The molecule has 9 heteroatoms. The minimum absolute atomic E-state index is 0.207. The Morgan fingerprint density at radius 1 is 1.11 bits per heavy atom. The van der Waals surface area contributed by atoms with Gasteiger partial charge >= 0.3 is 0 Å². The summed E-state index contributed by atoms with van der Waals surface area (Å²) < 4.78 is 7.23. The molecule has 0 aliphatic carbocycles. The Labute approximate surface area is 162 Å². The fourth-order valence-electron chi connectivity index (χ4n) is 3.48. The third-order valence-electron chi connectivity index (χ3n) is 4.87. The Morgan fingerprint density at radius 3 is 2.67 bits per heavy atom. The molecule has 4 rings (SSSR count). The van der Waals surface area contributed by atoms with E-state index in [1.807, 2.05) is 35.2 Å². The number of carbonyl (C=O) groups is 1. The van der Waals surface area contributed by atoms with Crippen LogP contribution in [0, 0.1) is 0 Å². The van der Waals surface area contributed by atoms with Gasteiger partial charge in [0.1, 0.15) is 0 Å². The maximum atomic E-state index is 12.1. The van der Waals surface area contributed by atoms with Gasteiger partial charge in [0.05, 0.1) is 18.9 Å². The highest BCUT2D eigenvalue weighted by Crippen LogP contribution is 2.26. The average Bonchev–Trinajstić information content (AvgIpc) is 3.32. The number of morpholine rings is 1. The van der Waals surface area contributed by atoms with E-state index < -0.39 is 0 Å². The van der Waals surface area contributed by atoms with Crippen molar-refractivity contribution in [2.75, 3.05) is 45.9 Å². The van der Waals surface area contributed by atoms with Gasteiger partial charge in [-0.3, -0.25) is 9.69 Å². The van der Waals surface area contributed by atoms with Gasteiger partial charge in [0.25, 0.3) is 0 Å². The van der Waals surface area contributed by atoms with Crippen LogP contribution in [0.2, 0.25) is 0 Å². The minimum Gasteiger partial charge on any atom is -0.379 e. The number of tetrazole rings is 1. The largest absolute Gasteiger partial charge is 0.379 e. The number of aromatic nitrogens is 4. The van der Waals surface area contributed by atoms with E-state index in [2.05, 4.69) is 20.4 Å². The summed E-state index contributed by atoms with van der Waals surface area (Å²) in [6.07, 6.45) is 1.62. The van der Waals surface area contributed by atoms with Crippen LogP contribution >= 0.6 is 11.8 Å². The lowest BCUT2D eigenvalue weighted by molar-refractivity contribution is -0.127. The summed E-state index contributed by atoms with van der Waals surface area (Å²) in [6, 6.07) is 9.89. The lowest BCUT2D eigenvalue weighted by Gasteiger charge is -2.31. The number of hydrogen-bond donors (Lipinski definition) is 0. The molecule has 2 aliphatic heterocycles. The fourth-order valence-corrected chi connectivity index (χ4v) is 4.64. The number of likely N-dealkylation sites (tertiary alicyclic amines) is 1. The Morgan fingerprint density at radius 2 is 1.93 bits per heavy atom. The van der Waals surface area contributed by atoms with Gasteiger partial charge in [0, 0.05) is 44.4 Å². The second-order valence-electron chi connectivity index (χ2n) is 6.80. The molecule has 0 N–H and O–H groups in total. The quantitative estimate of drug-likeness (QED) is 0.657. The molecule has 1 aromatic heterocycles. The van der Waals surface area contributed by atoms with E-state index in [0.29, 0.717) is 6.42 Å². The molecule has 27 heavy (non-hydrogen) atoms. The Bertz CT molecular complexity index is 749. The maximum Gasteiger partial charge on any atom is 0.222 e. The van der Waals surface area contributed by atoms with E-state index in [-0.39, 0.29) is 11.2 Å². The summed E-state index contributed by atoms with van der Waals surface area (Å²) >= 11 is 1.65. The van der Waals surface area contributed by atoms with Crippen LogP contribution in [0.5, 0.6) is 0 Å². The molecule has 0 spiro atoms. The monoisotopic (exact) mass is 388 g/mol. The molecule has 3 heterocycles. The lowest BCUT2D eigenvalue weighted by atomic mass is 10.3. The molecule has 8 nitrogen and oxygen atoms in total. The standard InChI is InChI=1S/C18H24N6O2S/c25-17-7-4-8-23(17)14-16(13-22-9-11-26-12-10-22)27-18-19-20-21-24(18)15-5-2-1-3-6-15/h1-3,5-6,16H,4,7-14H2/t16-/m1/s1. The first-order chi connectivity index (χ1) is 13.3. The molecule has 1 aromatic carbocycles. The summed E-state index contributed by atoms with van der Waals surface area (Å²) in [5.74, 6) is 0.255. The average molecular weight is 388 g/mol. The molecule has 2 fully saturated rings. The smallest absolute Gasteiger partial charge is 0.222 e. The SMILES string of the molecule is O=C1CCCN1C[C@@H](CN1CCOCC1)Sc1nnnn1-c1ccccc1. The zero-order chi connectivity index (χ0) is 18.5. The molecule has 1 atom stereocenters. The van der Waals surface area contributed by atoms with Gasteiger partial charge in [-0.15, -0.1) is 5.10 Å². The van der Waals surface area contributed by atoms with E-state index >= 15 is 0 Å². The molecular formula is C18H24N6O2S. The van der Waals surface area contributed by atoms with Crippen molar-refractivity contribution in [2.45, 2.75) is 23.2 Å². The van der Waals surface area contributed by atoms with Crippen LogP contribution in [0.1, 0.15) is 12.8 Å². The first kappa shape index (κ1) is 18.4. The van der Waals surface area contributed by atoms with Crippen molar-refractivity contribution >= 4 is 17.7 Å². The summed E-state index contributed by atoms with van der Waals surface area (Å²) in [6.45, 7) is 5.84. The number of carbonyl (C=O) groups excluding carboxylic acids is 1. The second-order valence-corrected chi connectivity index (χ2v) is 8.07. The van der Waals surface area contributed by atoms with Crippen LogP contribution in [-0.2, 0) is 9.53 Å². The normalized spacial score (nSPS) is 19.6. The topological polar surface area (TPSA) is 76.4 Å². The highest BCUT2D eigenvalue weighted by atomic mass is 32.2. The first-order valence-corrected chi connectivity index (χ1v) is 10.3. The molecular weight excluding hydrogens is 364 g/mol. The highest BCUT2D eigenvalue weighted by Gasteiger charge is 2.27. The molecule has 0 bridgehead atoms. The Kier molecular flexibility index (Phi) is 6.00. The fraction of sp³-hybridized carbons (Fsp3) is 0.556. The Balaban J connectivity index is 1.50. The van der Waals surface area contributed by atoms with Gasteiger partial charge in [0.15, 0.2) is 0 Å². The maximum absolute atomic E-state index is 12.1. The number of amides is 1. The third-order valence-corrected chi connectivity index (χ3v) is 5.97. The molecule has 1 amide bonds. The van der Waals surface area contributed by atoms with Crippen LogP contribution in [0.25, 0.3) is 5.69 Å². The molecule has 2 saturated heterocycles. The summed E-state index contributed by atoms with van der Waals surface area (Å²) in [5, 5.41) is 13.2. The van der Waals surface area contributed by atoms with Crippen molar-refractivity contribution in [3.05, 3.63) is 30.3 Å². The zero-order valence-electron chi connectivity index (χ0n) is 15.2. The molecule has 144 valence electrons. The first-order valence-electron chi connectivity index (χ1n) is 9.38.